The molecule has 2 rings (SSSR count). The van der Waals surface area contributed by atoms with Gasteiger partial charge in [0.2, 0.25) is 0 Å². The van der Waals surface area contributed by atoms with E-state index in [2.05, 4.69) is 9.88 Å². The lowest BCUT2D eigenvalue weighted by Crippen LogP contribution is -2.37. The molecule has 1 aromatic rings. The number of piperidine rings is 1. The zero-order valence-electron chi connectivity index (χ0n) is 10.7. The van der Waals surface area contributed by atoms with Crippen molar-refractivity contribution in [2.45, 2.75) is 19.8 Å². The van der Waals surface area contributed by atoms with Crippen molar-refractivity contribution in [2.24, 2.45) is 11.7 Å². The molecule has 0 spiro atoms. The van der Waals surface area contributed by atoms with Gasteiger partial charge in [-0.3, -0.25) is 5.41 Å². The fourth-order valence-electron chi connectivity index (χ4n) is 2.39. The standard InChI is InChI=1S/C13H20N4O/c1-9-5-11(13(14)15)6-12(16-9)17-4-2-3-10(7-17)8-18/h5-6,10,18H,2-4,7-8H2,1H3,(H3,14,15). The van der Waals surface area contributed by atoms with Crippen LogP contribution in [0.2, 0.25) is 0 Å². The van der Waals surface area contributed by atoms with Crippen LogP contribution in [0.15, 0.2) is 12.1 Å². The van der Waals surface area contributed by atoms with E-state index in [4.69, 9.17) is 11.1 Å². The Labute approximate surface area is 107 Å². The maximum Gasteiger partial charge on any atom is 0.129 e. The van der Waals surface area contributed by atoms with Crippen LogP contribution in [0.25, 0.3) is 0 Å². The number of nitrogen functional groups attached to an aromatic ring is 1. The van der Waals surface area contributed by atoms with Gasteiger partial charge in [-0.2, -0.15) is 0 Å². The molecule has 1 aliphatic heterocycles. The van der Waals surface area contributed by atoms with E-state index < -0.39 is 0 Å². The van der Waals surface area contributed by atoms with Gasteiger partial charge in [0.25, 0.3) is 0 Å². The van der Waals surface area contributed by atoms with Gasteiger partial charge >= 0.3 is 0 Å². The number of nitrogens with one attached hydrogen (secondary N) is 1. The summed E-state index contributed by atoms with van der Waals surface area (Å²) >= 11 is 0. The first-order valence-electron chi connectivity index (χ1n) is 6.29. The SMILES string of the molecule is Cc1cc(C(=N)N)cc(N2CCCC(CO)C2)n1. The minimum Gasteiger partial charge on any atom is -0.396 e. The van der Waals surface area contributed by atoms with Crippen LogP contribution < -0.4 is 10.6 Å². The molecule has 1 atom stereocenters. The van der Waals surface area contributed by atoms with E-state index >= 15 is 0 Å². The minimum atomic E-state index is 0.0671. The summed E-state index contributed by atoms with van der Waals surface area (Å²) < 4.78 is 0. The number of aliphatic hydroxyl groups excluding tert-OH is 1. The second-order valence-corrected chi connectivity index (χ2v) is 4.91. The minimum absolute atomic E-state index is 0.0671. The van der Waals surface area contributed by atoms with Crippen molar-refractivity contribution in [3.63, 3.8) is 0 Å². The molecular weight excluding hydrogens is 228 g/mol. The number of aliphatic hydroxyl groups is 1. The van der Waals surface area contributed by atoms with Crippen molar-refractivity contribution < 1.29 is 5.11 Å². The van der Waals surface area contributed by atoms with E-state index in [1.165, 1.54) is 0 Å². The second-order valence-electron chi connectivity index (χ2n) is 4.91. The van der Waals surface area contributed by atoms with Crippen LogP contribution >= 0.6 is 0 Å². The number of aromatic nitrogens is 1. The zero-order valence-corrected chi connectivity index (χ0v) is 10.7. The third-order valence-electron chi connectivity index (χ3n) is 3.35. The number of rotatable bonds is 3. The molecule has 0 aromatic carbocycles. The highest BCUT2D eigenvalue weighted by atomic mass is 16.3. The van der Waals surface area contributed by atoms with Crippen molar-refractivity contribution in [1.82, 2.24) is 4.98 Å². The van der Waals surface area contributed by atoms with Crippen molar-refractivity contribution in [1.29, 1.82) is 5.41 Å². The normalized spacial score (nSPS) is 19.9. The first-order chi connectivity index (χ1) is 8.60. The molecule has 98 valence electrons. The van der Waals surface area contributed by atoms with Crippen LogP contribution in [0.5, 0.6) is 0 Å². The van der Waals surface area contributed by atoms with E-state index in [0.29, 0.717) is 11.5 Å². The highest BCUT2D eigenvalue weighted by Crippen LogP contribution is 2.22. The van der Waals surface area contributed by atoms with Crippen LogP contribution in [-0.4, -0.2) is 35.6 Å². The number of nitrogens with two attached hydrogens (primary N) is 1. The molecule has 0 aliphatic carbocycles. The largest absolute Gasteiger partial charge is 0.396 e. The number of nitrogens with zero attached hydrogens (tertiary/aromatic N) is 2. The van der Waals surface area contributed by atoms with Gasteiger partial charge in [0.1, 0.15) is 11.7 Å². The predicted molar refractivity (Wildman–Crippen MR) is 72.0 cm³/mol. The molecule has 0 bridgehead atoms. The topological polar surface area (TPSA) is 86.2 Å². The van der Waals surface area contributed by atoms with Crippen LogP contribution in [-0.2, 0) is 0 Å². The maximum absolute atomic E-state index is 9.25. The van der Waals surface area contributed by atoms with Gasteiger partial charge in [-0.15, -0.1) is 0 Å². The number of hydrogen-bond acceptors (Lipinski definition) is 4. The number of hydrogen-bond donors (Lipinski definition) is 3. The summed E-state index contributed by atoms with van der Waals surface area (Å²) in [5.74, 6) is 1.25. The van der Waals surface area contributed by atoms with Gasteiger partial charge < -0.3 is 15.7 Å². The lowest BCUT2D eigenvalue weighted by Gasteiger charge is -2.33. The summed E-state index contributed by atoms with van der Waals surface area (Å²) in [6.45, 7) is 3.90. The molecular formula is C13H20N4O. The third-order valence-corrected chi connectivity index (χ3v) is 3.35. The van der Waals surface area contributed by atoms with Gasteiger partial charge in [0, 0.05) is 31.0 Å². The summed E-state index contributed by atoms with van der Waals surface area (Å²) in [5, 5.41) is 16.8. The molecule has 1 aliphatic rings. The molecule has 5 heteroatoms. The zero-order chi connectivity index (χ0) is 13.1. The van der Waals surface area contributed by atoms with E-state index in [9.17, 15) is 5.11 Å². The van der Waals surface area contributed by atoms with Crippen molar-refractivity contribution >= 4 is 11.7 Å². The van der Waals surface area contributed by atoms with Crippen LogP contribution in [0.3, 0.4) is 0 Å². The quantitative estimate of drug-likeness (QED) is 0.547. The average Bonchev–Trinajstić information content (AvgIpc) is 2.38. The molecule has 0 saturated carbocycles. The Hall–Kier alpha value is -1.62. The Morgan fingerprint density at radius 3 is 3.06 bits per heavy atom. The fourth-order valence-corrected chi connectivity index (χ4v) is 2.39. The molecule has 4 N–H and O–H groups in total. The number of aryl methyl sites for hydroxylation is 1. The number of pyridine rings is 1. The van der Waals surface area contributed by atoms with E-state index in [0.717, 1.165) is 37.4 Å². The summed E-state index contributed by atoms with van der Waals surface area (Å²) in [7, 11) is 0. The van der Waals surface area contributed by atoms with Gasteiger partial charge in [0.05, 0.1) is 0 Å². The molecule has 0 amide bonds. The summed E-state index contributed by atoms with van der Waals surface area (Å²) in [4.78, 5) is 6.67. The molecule has 1 aromatic heterocycles. The Bertz CT molecular complexity index is 447. The highest BCUT2D eigenvalue weighted by Gasteiger charge is 2.20. The smallest absolute Gasteiger partial charge is 0.129 e. The molecule has 1 saturated heterocycles. The van der Waals surface area contributed by atoms with Crippen LogP contribution in [0, 0.1) is 18.3 Å². The van der Waals surface area contributed by atoms with E-state index in [-0.39, 0.29) is 12.4 Å². The maximum atomic E-state index is 9.25. The molecule has 18 heavy (non-hydrogen) atoms. The second kappa shape index (κ2) is 5.35. The van der Waals surface area contributed by atoms with E-state index in [1.807, 2.05) is 19.1 Å². The average molecular weight is 248 g/mol. The monoisotopic (exact) mass is 248 g/mol. The fraction of sp³-hybridized carbons (Fsp3) is 0.538. The van der Waals surface area contributed by atoms with Crippen molar-refractivity contribution in [2.75, 3.05) is 24.6 Å². The Balaban J connectivity index is 2.24. The van der Waals surface area contributed by atoms with Crippen molar-refractivity contribution in [3.05, 3.63) is 23.4 Å². The molecule has 5 nitrogen and oxygen atoms in total. The Morgan fingerprint density at radius 1 is 1.61 bits per heavy atom. The molecule has 2 heterocycles. The van der Waals surface area contributed by atoms with Gasteiger partial charge in [-0.25, -0.2) is 4.98 Å². The molecule has 1 unspecified atom stereocenters. The first-order valence-corrected chi connectivity index (χ1v) is 6.29. The van der Waals surface area contributed by atoms with Crippen molar-refractivity contribution in [3.8, 4) is 0 Å². The van der Waals surface area contributed by atoms with Gasteiger partial charge in [-0.05, 0) is 37.8 Å². The van der Waals surface area contributed by atoms with Gasteiger partial charge in [-0.1, -0.05) is 0 Å². The van der Waals surface area contributed by atoms with Crippen LogP contribution in [0.4, 0.5) is 5.82 Å². The number of anilines is 1. The third kappa shape index (κ3) is 2.79. The summed E-state index contributed by atoms with van der Waals surface area (Å²) in [6, 6.07) is 3.67. The van der Waals surface area contributed by atoms with E-state index in [1.54, 1.807) is 0 Å². The molecule has 1 fully saturated rings. The first kappa shape index (κ1) is 12.8. The molecule has 0 radical (unpaired) electrons. The lowest BCUT2D eigenvalue weighted by atomic mass is 9.99. The van der Waals surface area contributed by atoms with Crippen LogP contribution in [0.1, 0.15) is 24.1 Å². The Morgan fingerprint density at radius 2 is 2.39 bits per heavy atom. The summed E-state index contributed by atoms with van der Waals surface area (Å²) in [5.41, 5.74) is 7.11. The predicted octanol–water partition coefficient (Wildman–Crippen LogP) is 0.883. The lowest BCUT2D eigenvalue weighted by molar-refractivity contribution is 0.208. The van der Waals surface area contributed by atoms with Gasteiger partial charge in [0.15, 0.2) is 0 Å². The number of amidine groups is 1. The summed E-state index contributed by atoms with van der Waals surface area (Å²) in [6.07, 6.45) is 2.13. The highest BCUT2D eigenvalue weighted by molar-refractivity contribution is 5.95. The Kier molecular flexibility index (Phi) is 3.81.